The highest BCUT2D eigenvalue weighted by Crippen LogP contribution is 2.33. The first-order valence-electron chi connectivity index (χ1n) is 9.61. The quantitative estimate of drug-likeness (QED) is 0.533. The van der Waals surface area contributed by atoms with Gasteiger partial charge in [0, 0.05) is 23.7 Å². The van der Waals surface area contributed by atoms with Gasteiger partial charge in [0.05, 0.1) is 11.4 Å². The number of nitrogens with zero attached hydrogens (tertiary/aromatic N) is 3. The monoisotopic (exact) mass is 449 g/mol. The standard InChI is InChI=1S/C21H21ClFN3O3S/c1-2-25(13-15-7-9-16(22)10-8-15)14-19-17-11-12-30(27,28)29-21(17)26(24-19)20-6-4-3-5-18(20)23/h3-10H,2,11-14H2,1H3. The molecule has 1 aliphatic heterocycles. The summed E-state index contributed by atoms with van der Waals surface area (Å²) in [6, 6.07) is 13.7. The Morgan fingerprint density at radius 2 is 1.90 bits per heavy atom. The highest BCUT2D eigenvalue weighted by Gasteiger charge is 2.31. The zero-order valence-electron chi connectivity index (χ0n) is 16.4. The van der Waals surface area contributed by atoms with E-state index in [-0.39, 0.29) is 23.7 Å². The minimum absolute atomic E-state index is 0.0731. The summed E-state index contributed by atoms with van der Waals surface area (Å²) in [4.78, 5) is 2.17. The van der Waals surface area contributed by atoms with E-state index in [2.05, 4.69) is 10.00 Å². The molecule has 0 aliphatic carbocycles. The third kappa shape index (κ3) is 4.35. The third-order valence-electron chi connectivity index (χ3n) is 5.05. The second-order valence-corrected chi connectivity index (χ2v) is 9.25. The number of aromatic nitrogens is 2. The van der Waals surface area contributed by atoms with Gasteiger partial charge < -0.3 is 4.18 Å². The Kier molecular flexibility index (Phi) is 5.81. The normalized spacial score (nSPS) is 15.1. The van der Waals surface area contributed by atoms with Crippen LogP contribution >= 0.6 is 11.6 Å². The fraction of sp³-hybridized carbons (Fsp3) is 0.286. The zero-order valence-corrected chi connectivity index (χ0v) is 18.0. The van der Waals surface area contributed by atoms with E-state index in [4.69, 9.17) is 15.8 Å². The molecular weight excluding hydrogens is 429 g/mol. The average Bonchev–Trinajstić information content (AvgIpc) is 3.05. The number of benzene rings is 2. The maximum absolute atomic E-state index is 14.4. The summed E-state index contributed by atoms with van der Waals surface area (Å²) in [6.45, 7) is 3.95. The van der Waals surface area contributed by atoms with E-state index in [9.17, 15) is 12.8 Å². The van der Waals surface area contributed by atoms with E-state index in [0.29, 0.717) is 29.4 Å². The van der Waals surface area contributed by atoms with E-state index in [1.54, 1.807) is 18.2 Å². The Morgan fingerprint density at radius 3 is 2.60 bits per heavy atom. The molecule has 6 nitrogen and oxygen atoms in total. The summed E-state index contributed by atoms with van der Waals surface area (Å²) in [5.41, 5.74) is 2.63. The zero-order chi connectivity index (χ0) is 21.3. The first kappa shape index (κ1) is 20.8. The highest BCUT2D eigenvalue weighted by molar-refractivity contribution is 7.87. The van der Waals surface area contributed by atoms with Crippen LogP contribution in [0.1, 0.15) is 23.7 Å². The molecule has 2 heterocycles. The van der Waals surface area contributed by atoms with Crippen molar-refractivity contribution in [3.8, 4) is 11.6 Å². The maximum atomic E-state index is 14.4. The number of fused-ring (bicyclic) bond motifs is 1. The van der Waals surface area contributed by atoms with Gasteiger partial charge in [0.25, 0.3) is 0 Å². The Bertz CT molecular complexity index is 1160. The number of rotatable bonds is 6. The lowest BCUT2D eigenvalue weighted by Gasteiger charge is -2.20. The summed E-state index contributed by atoms with van der Waals surface area (Å²) >= 11 is 5.97. The van der Waals surface area contributed by atoms with Crippen LogP contribution in [0.2, 0.25) is 5.02 Å². The first-order chi connectivity index (χ1) is 14.4. The summed E-state index contributed by atoms with van der Waals surface area (Å²) in [5.74, 6) is -0.558. The molecule has 0 N–H and O–H groups in total. The summed E-state index contributed by atoms with van der Waals surface area (Å²) in [7, 11) is -3.72. The average molecular weight is 450 g/mol. The van der Waals surface area contributed by atoms with Crippen molar-refractivity contribution in [2.24, 2.45) is 0 Å². The Labute approximate surface area is 180 Å². The van der Waals surface area contributed by atoms with Crippen molar-refractivity contribution in [3.05, 3.63) is 76.2 Å². The van der Waals surface area contributed by atoms with E-state index in [1.165, 1.54) is 10.7 Å². The van der Waals surface area contributed by atoms with Crippen LogP contribution in [0.4, 0.5) is 4.39 Å². The molecule has 0 atom stereocenters. The fourth-order valence-corrected chi connectivity index (χ4v) is 4.53. The van der Waals surface area contributed by atoms with Crippen molar-refractivity contribution in [3.63, 3.8) is 0 Å². The molecule has 4 rings (SSSR count). The van der Waals surface area contributed by atoms with Crippen LogP contribution in [0.3, 0.4) is 0 Å². The molecule has 30 heavy (non-hydrogen) atoms. The molecule has 3 aromatic rings. The van der Waals surface area contributed by atoms with E-state index in [1.807, 2.05) is 31.2 Å². The minimum Gasteiger partial charge on any atom is -0.361 e. The lowest BCUT2D eigenvalue weighted by atomic mass is 10.1. The van der Waals surface area contributed by atoms with Crippen LogP contribution in [0.25, 0.3) is 5.69 Å². The van der Waals surface area contributed by atoms with Gasteiger partial charge in [0.2, 0.25) is 5.88 Å². The molecular formula is C21H21ClFN3O3S. The fourth-order valence-electron chi connectivity index (χ4n) is 3.46. The van der Waals surface area contributed by atoms with Crippen molar-refractivity contribution >= 4 is 21.7 Å². The number of para-hydroxylation sites is 1. The summed E-state index contributed by atoms with van der Waals surface area (Å²) < 4.78 is 45.0. The lowest BCUT2D eigenvalue weighted by molar-refractivity contribution is 0.267. The van der Waals surface area contributed by atoms with Gasteiger partial charge in [-0.1, -0.05) is 42.8 Å². The topological polar surface area (TPSA) is 64.4 Å². The third-order valence-corrected chi connectivity index (χ3v) is 6.42. The number of hydrogen-bond donors (Lipinski definition) is 0. The van der Waals surface area contributed by atoms with Gasteiger partial charge in [-0.15, -0.1) is 0 Å². The molecule has 0 saturated carbocycles. The van der Waals surface area contributed by atoms with Crippen LogP contribution in [0.5, 0.6) is 5.88 Å². The molecule has 0 bridgehead atoms. The van der Waals surface area contributed by atoms with Gasteiger partial charge in [0.15, 0.2) is 0 Å². The van der Waals surface area contributed by atoms with E-state index >= 15 is 0 Å². The molecule has 158 valence electrons. The number of halogens is 2. The minimum atomic E-state index is -3.72. The van der Waals surface area contributed by atoms with Gasteiger partial charge >= 0.3 is 10.1 Å². The largest absolute Gasteiger partial charge is 0.361 e. The van der Waals surface area contributed by atoms with E-state index in [0.717, 1.165) is 12.1 Å². The van der Waals surface area contributed by atoms with Crippen LogP contribution < -0.4 is 4.18 Å². The molecule has 0 unspecified atom stereocenters. The van der Waals surface area contributed by atoms with Crippen molar-refractivity contribution in [2.75, 3.05) is 12.3 Å². The predicted octanol–water partition coefficient (Wildman–Crippen LogP) is 3.95. The molecule has 0 radical (unpaired) electrons. The highest BCUT2D eigenvalue weighted by atomic mass is 35.5. The van der Waals surface area contributed by atoms with Gasteiger partial charge in [-0.2, -0.15) is 18.2 Å². The molecule has 9 heteroatoms. The SMILES string of the molecule is CCN(Cc1ccc(Cl)cc1)Cc1nn(-c2ccccc2F)c2c1CCS(=O)(=O)O2. The molecule has 1 aromatic heterocycles. The predicted molar refractivity (Wildman–Crippen MR) is 113 cm³/mol. The Balaban J connectivity index is 1.69. The second-order valence-electron chi connectivity index (χ2n) is 7.12. The smallest absolute Gasteiger partial charge is 0.311 e. The molecule has 0 saturated heterocycles. The molecule has 0 amide bonds. The van der Waals surface area contributed by atoms with Crippen molar-refractivity contribution < 1.29 is 17.0 Å². The molecule has 1 aliphatic rings. The van der Waals surface area contributed by atoms with Crippen LogP contribution in [0.15, 0.2) is 48.5 Å². The molecule has 2 aromatic carbocycles. The van der Waals surface area contributed by atoms with Gasteiger partial charge in [-0.05, 0) is 42.8 Å². The van der Waals surface area contributed by atoms with Crippen LogP contribution in [-0.4, -0.2) is 35.4 Å². The van der Waals surface area contributed by atoms with Crippen molar-refractivity contribution in [1.82, 2.24) is 14.7 Å². The maximum Gasteiger partial charge on any atom is 0.311 e. The van der Waals surface area contributed by atoms with Crippen molar-refractivity contribution in [1.29, 1.82) is 0 Å². The Morgan fingerprint density at radius 1 is 1.17 bits per heavy atom. The van der Waals surface area contributed by atoms with Gasteiger partial charge in [-0.25, -0.2) is 4.39 Å². The van der Waals surface area contributed by atoms with Crippen LogP contribution in [-0.2, 0) is 29.6 Å². The van der Waals surface area contributed by atoms with E-state index < -0.39 is 15.9 Å². The van der Waals surface area contributed by atoms with Crippen LogP contribution in [0, 0.1) is 5.82 Å². The summed E-state index contributed by atoms with van der Waals surface area (Å²) in [5, 5.41) is 5.23. The molecule has 0 spiro atoms. The summed E-state index contributed by atoms with van der Waals surface area (Å²) in [6.07, 6.45) is 0.278. The Hall–Kier alpha value is -2.42. The molecule has 0 fully saturated rings. The second kappa shape index (κ2) is 8.37. The van der Waals surface area contributed by atoms with Gasteiger partial charge in [-0.3, -0.25) is 4.90 Å². The van der Waals surface area contributed by atoms with Gasteiger partial charge in [0.1, 0.15) is 11.5 Å². The lowest BCUT2D eigenvalue weighted by Crippen LogP contribution is -2.25. The number of hydrogen-bond acceptors (Lipinski definition) is 5. The van der Waals surface area contributed by atoms with Crippen molar-refractivity contribution in [2.45, 2.75) is 26.4 Å². The first-order valence-corrected chi connectivity index (χ1v) is 11.6.